The zero-order valence-corrected chi connectivity index (χ0v) is 12.2. The molecule has 0 aliphatic heterocycles. The van der Waals surface area contributed by atoms with Crippen molar-refractivity contribution in [2.45, 2.75) is 44.9 Å². The number of rotatable bonds is 6. The monoisotopic (exact) mass is 281 g/mol. The van der Waals surface area contributed by atoms with Crippen molar-refractivity contribution >= 4 is 17.3 Å². The summed E-state index contributed by atoms with van der Waals surface area (Å²) in [7, 11) is 0. The average Bonchev–Trinajstić information content (AvgIpc) is 2.93. The second-order valence-corrected chi connectivity index (χ2v) is 6.52. The molecular weight excluding hydrogens is 258 g/mol. The lowest BCUT2D eigenvalue weighted by atomic mass is 9.72. The molecule has 3 nitrogen and oxygen atoms in total. The van der Waals surface area contributed by atoms with Gasteiger partial charge in [0.05, 0.1) is 13.0 Å². The highest BCUT2D eigenvalue weighted by Gasteiger charge is 2.33. The summed E-state index contributed by atoms with van der Waals surface area (Å²) in [5.41, 5.74) is 5.90. The number of carbonyl (C=O) groups excluding carboxylic acids is 1. The smallest absolute Gasteiger partial charge is 0.306 e. The Labute approximate surface area is 119 Å². The van der Waals surface area contributed by atoms with E-state index in [1.807, 2.05) is 11.4 Å². The van der Waals surface area contributed by atoms with Crippen LogP contribution < -0.4 is 5.73 Å². The van der Waals surface area contributed by atoms with Crippen LogP contribution in [0, 0.1) is 5.41 Å². The van der Waals surface area contributed by atoms with Crippen LogP contribution in [0.2, 0.25) is 0 Å². The highest BCUT2D eigenvalue weighted by molar-refractivity contribution is 7.09. The minimum atomic E-state index is -0.0797. The lowest BCUT2D eigenvalue weighted by molar-refractivity contribution is -0.146. The number of hydrogen-bond acceptors (Lipinski definition) is 4. The molecule has 1 saturated carbocycles. The standard InChI is InChI=1S/C15H23NO2S/c16-12-15(7-2-1-3-8-15)11-14(17)18-9-6-13-5-4-10-19-13/h4-5,10H,1-3,6-9,11-12,16H2. The van der Waals surface area contributed by atoms with E-state index in [1.54, 1.807) is 11.3 Å². The van der Waals surface area contributed by atoms with Crippen LogP contribution >= 0.6 is 11.3 Å². The normalized spacial score (nSPS) is 18.2. The third kappa shape index (κ3) is 4.32. The van der Waals surface area contributed by atoms with E-state index in [9.17, 15) is 4.79 Å². The summed E-state index contributed by atoms with van der Waals surface area (Å²) in [6.07, 6.45) is 7.12. The fourth-order valence-corrected chi connectivity index (χ4v) is 3.52. The second kappa shape index (κ2) is 7.06. The molecule has 106 valence electrons. The first kappa shape index (κ1) is 14.5. The van der Waals surface area contributed by atoms with E-state index < -0.39 is 0 Å². The van der Waals surface area contributed by atoms with Crippen molar-refractivity contribution in [1.29, 1.82) is 0 Å². The van der Waals surface area contributed by atoms with E-state index in [0.717, 1.165) is 19.3 Å². The predicted molar refractivity (Wildman–Crippen MR) is 78.2 cm³/mol. The van der Waals surface area contributed by atoms with Crippen molar-refractivity contribution in [2.24, 2.45) is 11.1 Å². The Bertz CT molecular complexity index is 383. The maximum absolute atomic E-state index is 11.9. The van der Waals surface area contributed by atoms with Crippen LogP contribution in [0.1, 0.15) is 43.4 Å². The molecule has 1 aliphatic carbocycles. The molecule has 2 rings (SSSR count). The Hall–Kier alpha value is -0.870. The van der Waals surface area contributed by atoms with Crippen molar-refractivity contribution in [1.82, 2.24) is 0 Å². The van der Waals surface area contributed by atoms with Gasteiger partial charge in [0.25, 0.3) is 0 Å². The number of nitrogens with two attached hydrogens (primary N) is 1. The Kier molecular flexibility index (Phi) is 5.40. The van der Waals surface area contributed by atoms with Gasteiger partial charge in [-0.1, -0.05) is 25.3 Å². The van der Waals surface area contributed by atoms with Gasteiger partial charge < -0.3 is 10.5 Å². The molecule has 1 heterocycles. The predicted octanol–water partition coefficient (Wildman–Crippen LogP) is 3.13. The Morgan fingerprint density at radius 3 is 2.79 bits per heavy atom. The van der Waals surface area contributed by atoms with E-state index in [4.69, 9.17) is 10.5 Å². The molecule has 0 aromatic carbocycles. The van der Waals surface area contributed by atoms with Crippen molar-refractivity contribution < 1.29 is 9.53 Å². The number of carbonyl (C=O) groups is 1. The number of ether oxygens (including phenoxy) is 1. The third-order valence-corrected chi connectivity index (χ3v) is 4.99. The highest BCUT2D eigenvalue weighted by Crippen LogP contribution is 2.38. The molecule has 19 heavy (non-hydrogen) atoms. The molecule has 4 heteroatoms. The van der Waals surface area contributed by atoms with E-state index in [2.05, 4.69) is 6.07 Å². The topological polar surface area (TPSA) is 52.3 Å². The minimum Gasteiger partial charge on any atom is -0.465 e. The molecule has 0 spiro atoms. The molecule has 1 aliphatic rings. The molecule has 0 radical (unpaired) electrons. The first-order valence-electron chi connectivity index (χ1n) is 7.12. The second-order valence-electron chi connectivity index (χ2n) is 5.49. The molecule has 1 fully saturated rings. The fraction of sp³-hybridized carbons (Fsp3) is 0.667. The van der Waals surface area contributed by atoms with Crippen LogP contribution in [-0.4, -0.2) is 19.1 Å². The van der Waals surface area contributed by atoms with Crippen molar-refractivity contribution in [3.63, 3.8) is 0 Å². The van der Waals surface area contributed by atoms with Crippen molar-refractivity contribution in [3.05, 3.63) is 22.4 Å². The Morgan fingerprint density at radius 1 is 1.37 bits per heavy atom. The number of thiophene rings is 1. The van der Waals surface area contributed by atoms with Gasteiger partial charge in [-0.3, -0.25) is 4.79 Å². The molecule has 0 atom stereocenters. The summed E-state index contributed by atoms with van der Waals surface area (Å²) >= 11 is 1.70. The maximum atomic E-state index is 11.9. The molecule has 0 bridgehead atoms. The fourth-order valence-electron chi connectivity index (χ4n) is 2.83. The molecule has 1 aromatic rings. The van der Waals surface area contributed by atoms with E-state index in [1.165, 1.54) is 24.1 Å². The maximum Gasteiger partial charge on any atom is 0.306 e. The molecule has 0 amide bonds. The molecular formula is C15H23NO2S. The van der Waals surface area contributed by atoms with Crippen molar-refractivity contribution in [2.75, 3.05) is 13.2 Å². The molecule has 2 N–H and O–H groups in total. The zero-order chi connectivity index (χ0) is 13.6. The first-order valence-corrected chi connectivity index (χ1v) is 8.00. The van der Waals surface area contributed by atoms with Crippen molar-refractivity contribution in [3.8, 4) is 0 Å². The minimum absolute atomic E-state index is 0.0122. The summed E-state index contributed by atoms with van der Waals surface area (Å²) in [6, 6.07) is 4.09. The van der Waals surface area contributed by atoms with Crippen LogP contribution in [-0.2, 0) is 16.0 Å². The summed E-state index contributed by atoms with van der Waals surface area (Å²) in [5.74, 6) is -0.0797. The lowest BCUT2D eigenvalue weighted by Crippen LogP contribution is -2.35. The number of hydrogen-bond donors (Lipinski definition) is 1. The summed E-state index contributed by atoms with van der Waals surface area (Å²) in [5, 5.41) is 2.04. The number of esters is 1. The summed E-state index contributed by atoms with van der Waals surface area (Å²) in [4.78, 5) is 13.2. The van der Waals surface area contributed by atoms with Gasteiger partial charge >= 0.3 is 5.97 Å². The van der Waals surface area contributed by atoms with Gasteiger partial charge in [-0.2, -0.15) is 0 Å². The van der Waals surface area contributed by atoms with Crippen LogP contribution in [0.25, 0.3) is 0 Å². The van der Waals surface area contributed by atoms with Crippen LogP contribution in [0.4, 0.5) is 0 Å². The van der Waals surface area contributed by atoms with E-state index in [-0.39, 0.29) is 11.4 Å². The Balaban J connectivity index is 1.73. The van der Waals surface area contributed by atoms with Gasteiger partial charge in [0.1, 0.15) is 0 Å². The van der Waals surface area contributed by atoms with Gasteiger partial charge in [-0.25, -0.2) is 0 Å². The molecule has 0 unspecified atom stereocenters. The molecule has 0 saturated heterocycles. The van der Waals surface area contributed by atoms with Gasteiger partial charge in [0.15, 0.2) is 0 Å². The SMILES string of the molecule is NCC1(CC(=O)OCCc2cccs2)CCCCC1. The van der Waals surface area contributed by atoms with E-state index >= 15 is 0 Å². The van der Waals surface area contributed by atoms with E-state index in [0.29, 0.717) is 19.6 Å². The molecule has 1 aromatic heterocycles. The van der Waals surface area contributed by atoms with Gasteiger partial charge in [-0.15, -0.1) is 11.3 Å². The van der Waals surface area contributed by atoms with Crippen LogP contribution in [0.5, 0.6) is 0 Å². The third-order valence-electron chi connectivity index (χ3n) is 4.06. The van der Waals surface area contributed by atoms with Crippen LogP contribution in [0.15, 0.2) is 17.5 Å². The highest BCUT2D eigenvalue weighted by atomic mass is 32.1. The van der Waals surface area contributed by atoms with Gasteiger partial charge in [0, 0.05) is 11.3 Å². The van der Waals surface area contributed by atoms with Gasteiger partial charge in [0.2, 0.25) is 0 Å². The summed E-state index contributed by atoms with van der Waals surface area (Å²) < 4.78 is 5.36. The Morgan fingerprint density at radius 2 is 2.16 bits per heavy atom. The quantitative estimate of drug-likeness (QED) is 0.815. The van der Waals surface area contributed by atoms with Gasteiger partial charge in [-0.05, 0) is 36.2 Å². The summed E-state index contributed by atoms with van der Waals surface area (Å²) in [6.45, 7) is 1.09. The lowest BCUT2D eigenvalue weighted by Gasteiger charge is -2.35. The zero-order valence-electron chi connectivity index (χ0n) is 11.4. The average molecular weight is 281 g/mol. The first-order chi connectivity index (χ1) is 9.24. The van der Waals surface area contributed by atoms with Crippen LogP contribution in [0.3, 0.4) is 0 Å². The largest absolute Gasteiger partial charge is 0.465 e.